The zero-order valence-electron chi connectivity index (χ0n) is 11.7. The monoisotopic (exact) mass is 371 g/mol. The molecule has 0 unspecified atom stereocenters. The van der Waals surface area contributed by atoms with Crippen molar-refractivity contribution in [2.45, 2.75) is 13.5 Å². The topological polar surface area (TPSA) is 56.3 Å². The summed E-state index contributed by atoms with van der Waals surface area (Å²) in [6.45, 7) is 2.84. The summed E-state index contributed by atoms with van der Waals surface area (Å²) in [6.07, 6.45) is 0. The van der Waals surface area contributed by atoms with E-state index in [1.165, 1.54) is 0 Å². The van der Waals surface area contributed by atoms with Gasteiger partial charge < -0.3 is 14.8 Å². The fraction of sp³-hybridized carbons (Fsp3) is 0.286. The summed E-state index contributed by atoms with van der Waals surface area (Å²) in [4.78, 5) is 8.49. The first kappa shape index (κ1) is 16.0. The van der Waals surface area contributed by atoms with E-state index in [2.05, 4.69) is 31.2 Å². The summed E-state index contributed by atoms with van der Waals surface area (Å²) in [6, 6.07) is 7.28. The number of rotatable bonds is 6. The fourth-order valence-corrected chi connectivity index (χ4v) is 2.20. The number of halogens is 2. The molecule has 2 rings (SSSR count). The van der Waals surface area contributed by atoms with Gasteiger partial charge in [0.15, 0.2) is 5.82 Å². The second kappa shape index (κ2) is 7.59. The molecule has 2 aromatic rings. The normalized spacial score (nSPS) is 10.5. The van der Waals surface area contributed by atoms with Gasteiger partial charge in [-0.15, -0.1) is 0 Å². The number of nitrogens with zero attached hydrogens (tertiary/aromatic N) is 2. The first-order valence-corrected chi connectivity index (χ1v) is 7.51. The molecule has 21 heavy (non-hydrogen) atoms. The summed E-state index contributed by atoms with van der Waals surface area (Å²) in [5, 5.41) is 3.55. The lowest BCUT2D eigenvalue weighted by Gasteiger charge is -2.11. The number of nitrogens with one attached hydrogen (secondary N) is 1. The molecule has 0 radical (unpaired) electrons. The molecular weight excluding hydrogens is 358 g/mol. The molecule has 0 aliphatic rings. The average Bonchev–Trinajstić information content (AvgIpc) is 2.47. The Morgan fingerprint density at radius 3 is 2.81 bits per heavy atom. The van der Waals surface area contributed by atoms with E-state index in [1.54, 1.807) is 13.2 Å². The molecule has 0 saturated carbocycles. The van der Waals surface area contributed by atoms with Crippen molar-refractivity contribution in [3.63, 3.8) is 0 Å². The van der Waals surface area contributed by atoms with Crippen molar-refractivity contribution in [3.05, 3.63) is 39.7 Å². The summed E-state index contributed by atoms with van der Waals surface area (Å²) >= 11 is 9.49. The van der Waals surface area contributed by atoms with Gasteiger partial charge in [-0.3, -0.25) is 0 Å². The molecule has 0 bridgehead atoms. The minimum atomic E-state index is 0.324. The van der Waals surface area contributed by atoms with Crippen LogP contribution in [0.1, 0.15) is 12.7 Å². The summed E-state index contributed by atoms with van der Waals surface area (Å²) in [5.41, 5.74) is 0.825. The lowest BCUT2D eigenvalue weighted by molar-refractivity contribution is 0.128. The zero-order chi connectivity index (χ0) is 15.2. The molecule has 1 heterocycles. The Bertz CT molecular complexity index is 625. The minimum Gasteiger partial charge on any atom is -0.497 e. The van der Waals surface area contributed by atoms with Gasteiger partial charge in [0, 0.05) is 23.2 Å². The highest BCUT2D eigenvalue weighted by Crippen LogP contribution is 2.29. The highest BCUT2D eigenvalue weighted by Gasteiger charge is 2.07. The van der Waals surface area contributed by atoms with E-state index in [0.29, 0.717) is 30.0 Å². The molecule has 1 N–H and O–H groups in total. The van der Waals surface area contributed by atoms with Crippen LogP contribution < -0.4 is 10.1 Å². The molecule has 0 saturated heterocycles. The van der Waals surface area contributed by atoms with Crippen molar-refractivity contribution >= 4 is 39.0 Å². The molecule has 0 aliphatic carbocycles. The van der Waals surface area contributed by atoms with E-state index in [4.69, 9.17) is 21.1 Å². The predicted octanol–water partition coefficient (Wildman–Crippen LogP) is 4.18. The molecule has 1 aromatic carbocycles. The van der Waals surface area contributed by atoms with Crippen LogP contribution in [0.25, 0.3) is 0 Å². The van der Waals surface area contributed by atoms with Gasteiger partial charge in [0.25, 0.3) is 0 Å². The number of aromatic nitrogens is 2. The van der Waals surface area contributed by atoms with E-state index in [9.17, 15) is 0 Å². The number of benzene rings is 1. The highest BCUT2D eigenvalue weighted by molar-refractivity contribution is 9.10. The van der Waals surface area contributed by atoms with E-state index in [-0.39, 0.29) is 0 Å². The molecule has 0 atom stereocenters. The second-order valence-electron chi connectivity index (χ2n) is 4.10. The molecule has 1 aromatic heterocycles. The number of hydrogen-bond acceptors (Lipinski definition) is 5. The molecule has 112 valence electrons. The van der Waals surface area contributed by atoms with Crippen LogP contribution in [0, 0.1) is 0 Å². The predicted molar refractivity (Wildman–Crippen MR) is 86.3 cm³/mol. The van der Waals surface area contributed by atoms with Gasteiger partial charge in [0.05, 0.1) is 12.8 Å². The van der Waals surface area contributed by atoms with Crippen LogP contribution in [0.3, 0.4) is 0 Å². The maximum absolute atomic E-state index is 6.01. The molecule has 0 aliphatic heterocycles. The Morgan fingerprint density at radius 1 is 1.29 bits per heavy atom. The summed E-state index contributed by atoms with van der Waals surface area (Å²) in [5.74, 6) is 1.87. The van der Waals surface area contributed by atoms with Gasteiger partial charge in [-0.05, 0) is 35.0 Å². The van der Waals surface area contributed by atoms with Crippen LogP contribution in [0.15, 0.2) is 28.7 Å². The molecule has 0 fully saturated rings. The smallest absolute Gasteiger partial charge is 0.158 e. The number of anilines is 2. The Morgan fingerprint density at radius 2 is 2.10 bits per heavy atom. The van der Waals surface area contributed by atoms with E-state index in [1.807, 2.05) is 25.1 Å². The Labute approximate surface area is 136 Å². The van der Waals surface area contributed by atoms with Crippen molar-refractivity contribution in [1.29, 1.82) is 0 Å². The minimum absolute atomic E-state index is 0.324. The van der Waals surface area contributed by atoms with Gasteiger partial charge in [-0.2, -0.15) is 0 Å². The van der Waals surface area contributed by atoms with Gasteiger partial charge >= 0.3 is 0 Å². The lowest BCUT2D eigenvalue weighted by Crippen LogP contribution is -2.03. The van der Waals surface area contributed by atoms with Crippen molar-refractivity contribution < 1.29 is 9.47 Å². The van der Waals surface area contributed by atoms with Crippen LogP contribution in [-0.4, -0.2) is 23.7 Å². The number of hydrogen-bond donors (Lipinski definition) is 1. The average molecular weight is 373 g/mol. The standard InChI is InChI=1S/C14H15BrClN3O2/c1-3-21-8-14-18-12(16)7-13(19-14)17-11-6-9(20-2)4-5-10(11)15/h4-7H,3,8H2,1-2H3,(H,17,18,19). The van der Waals surface area contributed by atoms with Crippen LogP contribution in [0.4, 0.5) is 11.5 Å². The van der Waals surface area contributed by atoms with Crippen LogP contribution >= 0.6 is 27.5 Å². The van der Waals surface area contributed by atoms with Gasteiger partial charge in [0.1, 0.15) is 23.3 Å². The third kappa shape index (κ3) is 4.56. The molecule has 0 spiro atoms. The molecule has 0 amide bonds. The highest BCUT2D eigenvalue weighted by atomic mass is 79.9. The first-order valence-electron chi connectivity index (χ1n) is 6.34. The second-order valence-corrected chi connectivity index (χ2v) is 5.34. The largest absolute Gasteiger partial charge is 0.497 e. The van der Waals surface area contributed by atoms with Crippen molar-refractivity contribution in [2.75, 3.05) is 19.0 Å². The Kier molecular flexibility index (Phi) is 5.78. The Balaban J connectivity index is 2.24. The summed E-state index contributed by atoms with van der Waals surface area (Å²) < 4.78 is 11.4. The first-order chi connectivity index (χ1) is 10.1. The molecule has 5 nitrogen and oxygen atoms in total. The maximum atomic E-state index is 6.01. The van der Waals surface area contributed by atoms with Crippen molar-refractivity contribution in [2.24, 2.45) is 0 Å². The van der Waals surface area contributed by atoms with E-state index >= 15 is 0 Å². The van der Waals surface area contributed by atoms with Gasteiger partial charge in [-0.25, -0.2) is 9.97 Å². The number of ether oxygens (including phenoxy) is 2. The SMILES string of the molecule is CCOCc1nc(Cl)cc(Nc2cc(OC)ccc2Br)n1. The van der Waals surface area contributed by atoms with Crippen LogP contribution in [-0.2, 0) is 11.3 Å². The van der Waals surface area contributed by atoms with Crippen LogP contribution in [0.2, 0.25) is 5.15 Å². The Hall–Kier alpha value is -1.37. The zero-order valence-corrected chi connectivity index (χ0v) is 14.0. The summed E-state index contributed by atoms with van der Waals surface area (Å²) in [7, 11) is 1.62. The fourth-order valence-electron chi connectivity index (χ4n) is 1.65. The van der Waals surface area contributed by atoms with Crippen molar-refractivity contribution in [3.8, 4) is 5.75 Å². The van der Waals surface area contributed by atoms with Gasteiger partial charge in [0.2, 0.25) is 0 Å². The van der Waals surface area contributed by atoms with Crippen molar-refractivity contribution in [1.82, 2.24) is 9.97 Å². The van der Waals surface area contributed by atoms with Gasteiger partial charge in [-0.1, -0.05) is 11.6 Å². The van der Waals surface area contributed by atoms with Crippen LogP contribution in [0.5, 0.6) is 5.75 Å². The molecular formula is C14H15BrClN3O2. The van der Waals surface area contributed by atoms with E-state index in [0.717, 1.165) is 15.9 Å². The molecule has 7 heteroatoms. The third-order valence-electron chi connectivity index (χ3n) is 2.61. The lowest BCUT2D eigenvalue weighted by atomic mass is 10.3. The maximum Gasteiger partial charge on any atom is 0.158 e. The number of methoxy groups -OCH3 is 1. The quantitative estimate of drug-likeness (QED) is 0.771. The van der Waals surface area contributed by atoms with E-state index < -0.39 is 0 Å². The third-order valence-corrected chi connectivity index (χ3v) is 3.50.